The van der Waals surface area contributed by atoms with Gasteiger partial charge in [-0.2, -0.15) is 0 Å². The Labute approximate surface area is 119 Å². The normalized spacial score (nSPS) is 10.3. The van der Waals surface area contributed by atoms with E-state index in [4.69, 9.17) is 23.2 Å². The molecule has 94 valence electrons. The maximum atomic E-state index is 11.8. The molecule has 0 bridgehead atoms. The third kappa shape index (κ3) is 3.45. The minimum atomic E-state index is -0.163. The number of hydrogen-bond donors (Lipinski definition) is 1. The van der Waals surface area contributed by atoms with Gasteiger partial charge in [-0.15, -0.1) is 11.3 Å². The molecule has 0 aliphatic carbocycles. The van der Waals surface area contributed by atoms with E-state index in [1.807, 2.05) is 5.38 Å². The summed E-state index contributed by atoms with van der Waals surface area (Å²) in [4.78, 5) is 15.9. The average molecular weight is 301 g/mol. The van der Waals surface area contributed by atoms with E-state index in [1.165, 1.54) is 0 Å². The van der Waals surface area contributed by atoms with E-state index in [0.717, 1.165) is 12.1 Å². The van der Waals surface area contributed by atoms with Crippen LogP contribution in [0.15, 0.2) is 29.1 Å². The number of nitrogens with one attached hydrogen (secondary N) is 1. The molecular formula is C12H10Cl2N2OS. The van der Waals surface area contributed by atoms with Crippen LogP contribution in [0.1, 0.15) is 16.1 Å². The summed E-state index contributed by atoms with van der Waals surface area (Å²) in [6.07, 6.45) is 0.719. The highest BCUT2D eigenvalue weighted by Crippen LogP contribution is 2.22. The summed E-state index contributed by atoms with van der Waals surface area (Å²) < 4.78 is 0. The molecule has 1 heterocycles. The summed E-state index contributed by atoms with van der Waals surface area (Å²) in [6, 6.07) is 4.81. The predicted octanol–water partition coefficient (Wildman–Crippen LogP) is 3.42. The maximum absolute atomic E-state index is 11.8. The number of benzene rings is 1. The second kappa shape index (κ2) is 6.18. The van der Waals surface area contributed by atoms with Crippen LogP contribution >= 0.6 is 34.5 Å². The summed E-state index contributed by atoms with van der Waals surface area (Å²) in [5.74, 6) is -0.163. The molecule has 0 atom stereocenters. The lowest BCUT2D eigenvalue weighted by Gasteiger charge is -2.05. The largest absolute Gasteiger partial charge is 0.352 e. The zero-order valence-corrected chi connectivity index (χ0v) is 11.6. The quantitative estimate of drug-likeness (QED) is 0.940. The van der Waals surface area contributed by atoms with Crippen LogP contribution < -0.4 is 5.32 Å². The Morgan fingerprint density at radius 2 is 2.17 bits per heavy atom. The van der Waals surface area contributed by atoms with Crippen molar-refractivity contribution in [3.63, 3.8) is 0 Å². The summed E-state index contributed by atoms with van der Waals surface area (Å²) in [6.45, 7) is 0.544. The monoisotopic (exact) mass is 300 g/mol. The lowest BCUT2D eigenvalue weighted by molar-refractivity contribution is 0.0954. The fourth-order valence-corrected chi connectivity index (χ4v) is 2.30. The molecule has 0 spiro atoms. The minimum Gasteiger partial charge on any atom is -0.352 e. The van der Waals surface area contributed by atoms with Crippen LogP contribution in [0.5, 0.6) is 0 Å². The van der Waals surface area contributed by atoms with Crippen molar-refractivity contribution in [1.29, 1.82) is 0 Å². The van der Waals surface area contributed by atoms with Gasteiger partial charge in [-0.1, -0.05) is 23.2 Å². The Balaban J connectivity index is 1.89. The van der Waals surface area contributed by atoms with Crippen molar-refractivity contribution in [3.05, 3.63) is 50.4 Å². The Kier molecular flexibility index (Phi) is 4.58. The van der Waals surface area contributed by atoms with Gasteiger partial charge in [0.2, 0.25) is 0 Å². The van der Waals surface area contributed by atoms with Gasteiger partial charge in [0.1, 0.15) is 0 Å². The highest BCUT2D eigenvalue weighted by atomic mass is 35.5. The molecule has 0 fully saturated rings. The van der Waals surface area contributed by atoms with E-state index in [0.29, 0.717) is 22.2 Å². The van der Waals surface area contributed by atoms with Crippen LogP contribution in [0.4, 0.5) is 0 Å². The molecule has 0 aliphatic rings. The van der Waals surface area contributed by atoms with Gasteiger partial charge >= 0.3 is 0 Å². The molecule has 18 heavy (non-hydrogen) atoms. The SMILES string of the molecule is O=C(NCCc1cscn1)c1ccc(Cl)c(Cl)c1. The van der Waals surface area contributed by atoms with E-state index in [2.05, 4.69) is 10.3 Å². The third-order valence-corrected chi connectivity index (χ3v) is 3.71. The Morgan fingerprint density at radius 3 is 2.83 bits per heavy atom. The second-order valence-electron chi connectivity index (χ2n) is 3.61. The summed E-state index contributed by atoms with van der Waals surface area (Å²) in [5, 5.41) is 5.59. The molecule has 0 aliphatic heterocycles. The number of nitrogens with zero attached hydrogens (tertiary/aromatic N) is 1. The van der Waals surface area contributed by atoms with E-state index >= 15 is 0 Å². The molecule has 1 aromatic heterocycles. The lowest BCUT2D eigenvalue weighted by Crippen LogP contribution is -2.25. The smallest absolute Gasteiger partial charge is 0.251 e. The molecule has 1 aromatic carbocycles. The highest BCUT2D eigenvalue weighted by molar-refractivity contribution is 7.07. The van der Waals surface area contributed by atoms with Gasteiger partial charge in [0, 0.05) is 23.9 Å². The summed E-state index contributed by atoms with van der Waals surface area (Å²) in [7, 11) is 0. The van der Waals surface area contributed by atoms with Crippen molar-refractivity contribution >= 4 is 40.4 Å². The molecule has 6 heteroatoms. The molecular weight excluding hydrogens is 291 g/mol. The Bertz CT molecular complexity index is 543. The standard InChI is InChI=1S/C12H10Cl2N2OS/c13-10-2-1-8(5-11(10)14)12(17)15-4-3-9-6-18-7-16-9/h1-2,5-7H,3-4H2,(H,15,17). The number of rotatable bonds is 4. The van der Waals surface area contributed by atoms with Crippen LogP contribution in [-0.2, 0) is 6.42 Å². The molecule has 1 N–H and O–H groups in total. The summed E-state index contributed by atoms with van der Waals surface area (Å²) >= 11 is 13.2. The van der Waals surface area contributed by atoms with Crippen molar-refractivity contribution in [3.8, 4) is 0 Å². The van der Waals surface area contributed by atoms with Gasteiger partial charge in [-0.25, -0.2) is 4.98 Å². The zero-order chi connectivity index (χ0) is 13.0. The molecule has 0 unspecified atom stereocenters. The Hall–Kier alpha value is -1.10. The Morgan fingerprint density at radius 1 is 1.33 bits per heavy atom. The van der Waals surface area contributed by atoms with Crippen molar-refractivity contribution in [1.82, 2.24) is 10.3 Å². The first kappa shape index (κ1) is 13.3. The van der Waals surface area contributed by atoms with Crippen LogP contribution in [0.3, 0.4) is 0 Å². The molecule has 1 amide bonds. The fraction of sp³-hybridized carbons (Fsp3) is 0.167. The van der Waals surface area contributed by atoms with Crippen LogP contribution in [0.25, 0.3) is 0 Å². The molecule has 0 saturated carbocycles. The number of aromatic nitrogens is 1. The van der Waals surface area contributed by atoms with Gasteiger partial charge in [-0.05, 0) is 18.2 Å². The van der Waals surface area contributed by atoms with Crippen molar-refractivity contribution in [2.24, 2.45) is 0 Å². The van der Waals surface area contributed by atoms with Gasteiger partial charge < -0.3 is 5.32 Å². The van der Waals surface area contributed by atoms with Crippen LogP contribution in [0.2, 0.25) is 10.0 Å². The molecule has 0 radical (unpaired) electrons. The molecule has 2 rings (SSSR count). The van der Waals surface area contributed by atoms with Gasteiger partial charge in [0.05, 0.1) is 21.2 Å². The highest BCUT2D eigenvalue weighted by Gasteiger charge is 2.07. The maximum Gasteiger partial charge on any atom is 0.251 e. The van der Waals surface area contributed by atoms with E-state index in [-0.39, 0.29) is 5.91 Å². The third-order valence-electron chi connectivity index (χ3n) is 2.33. The number of carbonyl (C=O) groups excluding carboxylic acids is 1. The molecule has 2 aromatic rings. The number of hydrogen-bond acceptors (Lipinski definition) is 3. The fourth-order valence-electron chi connectivity index (χ4n) is 1.40. The lowest BCUT2D eigenvalue weighted by atomic mass is 10.2. The van der Waals surface area contributed by atoms with Crippen molar-refractivity contribution < 1.29 is 4.79 Å². The van der Waals surface area contributed by atoms with Crippen LogP contribution in [0, 0.1) is 0 Å². The van der Waals surface area contributed by atoms with Gasteiger partial charge in [-0.3, -0.25) is 4.79 Å². The number of thiazole rings is 1. The second-order valence-corrected chi connectivity index (χ2v) is 5.15. The number of amides is 1. The average Bonchev–Trinajstić information content (AvgIpc) is 2.85. The van der Waals surface area contributed by atoms with Crippen molar-refractivity contribution in [2.45, 2.75) is 6.42 Å². The number of carbonyl (C=O) groups is 1. The molecule has 0 saturated heterocycles. The van der Waals surface area contributed by atoms with E-state index < -0.39 is 0 Å². The van der Waals surface area contributed by atoms with Gasteiger partial charge in [0.25, 0.3) is 5.91 Å². The van der Waals surface area contributed by atoms with Crippen LogP contribution in [-0.4, -0.2) is 17.4 Å². The first-order chi connectivity index (χ1) is 8.66. The van der Waals surface area contributed by atoms with E-state index in [1.54, 1.807) is 35.0 Å². The predicted molar refractivity (Wildman–Crippen MR) is 74.6 cm³/mol. The first-order valence-electron chi connectivity index (χ1n) is 5.27. The minimum absolute atomic E-state index is 0.163. The van der Waals surface area contributed by atoms with Gasteiger partial charge in [0.15, 0.2) is 0 Å². The zero-order valence-electron chi connectivity index (χ0n) is 9.32. The summed E-state index contributed by atoms with van der Waals surface area (Å²) in [5.41, 5.74) is 3.26. The van der Waals surface area contributed by atoms with E-state index in [9.17, 15) is 4.79 Å². The van der Waals surface area contributed by atoms with Crippen molar-refractivity contribution in [2.75, 3.05) is 6.54 Å². The first-order valence-corrected chi connectivity index (χ1v) is 6.97. The number of halogens is 2. The molecule has 3 nitrogen and oxygen atoms in total. The topological polar surface area (TPSA) is 42.0 Å².